The Morgan fingerprint density at radius 3 is 2.64 bits per heavy atom. The van der Waals surface area contributed by atoms with E-state index in [4.69, 9.17) is 11.6 Å². The quantitative estimate of drug-likeness (QED) is 0.765. The van der Waals surface area contributed by atoms with Crippen molar-refractivity contribution in [1.82, 2.24) is 15.6 Å². The zero-order chi connectivity index (χ0) is 18.4. The molecule has 0 spiro atoms. The van der Waals surface area contributed by atoms with Crippen molar-refractivity contribution < 1.29 is 9.59 Å². The summed E-state index contributed by atoms with van der Waals surface area (Å²) in [6.45, 7) is 5.99. The van der Waals surface area contributed by atoms with Gasteiger partial charge in [0.05, 0.1) is 6.04 Å². The fraction of sp³-hybridized carbons (Fsp3) is 0.389. The average molecular weight is 380 g/mol. The van der Waals surface area contributed by atoms with Gasteiger partial charge in [0.1, 0.15) is 10.7 Å². The number of benzene rings is 1. The van der Waals surface area contributed by atoms with Crippen molar-refractivity contribution in [2.45, 2.75) is 39.8 Å². The zero-order valence-electron chi connectivity index (χ0n) is 14.5. The lowest BCUT2D eigenvalue weighted by Gasteiger charge is -2.17. The van der Waals surface area contributed by atoms with Crippen LogP contribution in [-0.4, -0.2) is 16.8 Å². The summed E-state index contributed by atoms with van der Waals surface area (Å²) in [5, 5.41) is 8.80. The topological polar surface area (TPSA) is 71.1 Å². The maximum Gasteiger partial charge on any atom is 0.271 e. The first-order chi connectivity index (χ1) is 11.9. The molecule has 2 N–H and O–H groups in total. The van der Waals surface area contributed by atoms with Crippen molar-refractivity contribution in [3.63, 3.8) is 0 Å². The molecule has 1 atom stereocenters. The van der Waals surface area contributed by atoms with Crippen LogP contribution in [0, 0.1) is 5.92 Å². The summed E-state index contributed by atoms with van der Waals surface area (Å²) in [5.74, 6) is 0.0392. The van der Waals surface area contributed by atoms with Gasteiger partial charge in [-0.1, -0.05) is 43.6 Å². The molecule has 0 aliphatic rings. The number of carbonyl (C=O) groups is 2. The summed E-state index contributed by atoms with van der Waals surface area (Å²) in [6.07, 6.45) is 0.772. The monoisotopic (exact) mass is 379 g/mol. The number of nitrogens with zero attached hydrogens (tertiary/aromatic N) is 1. The molecule has 2 aromatic rings. The smallest absolute Gasteiger partial charge is 0.271 e. The summed E-state index contributed by atoms with van der Waals surface area (Å²) >= 11 is 7.47. The fourth-order valence-electron chi connectivity index (χ4n) is 2.40. The van der Waals surface area contributed by atoms with Gasteiger partial charge in [-0.25, -0.2) is 4.98 Å². The predicted molar refractivity (Wildman–Crippen MR) is 101 cm³/mol. The Labute approximate surface area is 156 Å². The first-order valence-electron chi connectivity index (χ1n) is 8.11. The lowest BCUT2D eigenvalue weighted by molar-refractivity contribution is -0.119. The molecule has 25 heavy (non-hydrogen) atoms. The number of thiazole rings is 1. The first-order valence-corrected chi connectivity index (χ1v) is 9.36. The van der Waals surface area contributed by atoms with Crippen LogP contribution in [0.4, 0.5) is 0 Å². The van der Waals surface area contributed by atoms with E-state index in [1.807, 2.05) is 18.2 Å². The second kappa shape index (κ2) is 8.97. The van der Waals surface area contributed by atoms with Crippen LogP contribution in [0.15, 0.2) is 29.6 Å². The van der Waals surface area contributed by atoms with Crippen LogP contribution in [0.1, 0.15) is 54.3 Å². The standard InChI is InChI=1S/C18H22ClN3O2S/c1-11(2)8-15(21-12(3)23)18-22-16(10-25-18)17(24)20-9-13-6-4-5-7-14(13)19/h4-7,10-11,15H,8-9H2,1-3H3,(H,20,24)(H,21,23)/t15-/m0/s1. The second-order valence-electron chi connectivity index (χ2n) is 6.23. The van der Waals surface area contributed by atoms with Gasteiger partial charge in [0, 0.05) is 23.9 Å². The van der Waals surface area contributed by atoms with E-state index in [9.17, 15) is 9.59 Å². The Morgan fingerprint density at radius 2 is 2.00 bits per heavy atom. The van der Waals surface area contributed by atoms with Gasteiger partial charge < -0.3 is 10.6 Å². The molecule has 1 aromatic heterocycles. The highest BCUT2D eigenvalue weighted by molar-refractivity contribution is 7.09. The third kappa shape index (κ3) is 5.83. The summed E-state index contributed by atoms with van der Waals surface area (Å²) in [6, 6.07) is 7.20. The van der Waals surface area contributed by atoms with E-state index in [1.54, 1.807) is 11.4 Å². The van der Waals surface area contributed by atoms with Crippen molar-refractivity contribution in [1.29, 1.82) is 0 Å². The van der Waals surface area contributed by atoms with E-state index in [2.05, 4.69) is 29.5 Å². The summed E-state index contributed by atoms with van der Waals surface area (Å²) < 4.78 is 0. The maximum atomic E-state index is 12.3. The van der Waals surface area contributed by atoms with Crippen molar-refractivity contribution >= 4 is 34.8 Å². The molecule has 0 aliphatic heterocycles. The van der Waals surface area contributed by atoms with E-state index >= 15 is 0 Å². The van der Waals surface area contributed by atoms with Gasteiger partial charge in [0.2, 0.25) is 5.91 Å². The number of rotatable bonds is 7. The van der Waals surface area contributed by atoms with Crippen LogP contribution >= 0.6 is 22.9 Å². The SMILES string of the molecule is CC(=O)N[C@@H](CC(C)C)c1nc(C(=O)NCc2ccccc2Cl)cs1. The van der Waals surface area contributed by atoms with Crippen molar-refractivity contribution in [3.05, 3.63) is 50.9 Å². The highest BCUT2D eigenvalue weighted by Gasteiger charge is 2.20. The van der Waals surface area contributed by atoms with Gasteiger partial charge in [0.15, 0.2) is 0 Å². The van der Waals surface area contributed by atoms with Gasteiger partial charge in [-0.15, -0.1) is 11.3 Å². The average Bonchev–Trinajstić information content (AvgIpc) is 3.02. The Hall–Kier alpha value is -1.92. The van der Waals surface area contributed by atoms with Gasteiger partial charge in [-0.05, 0) is 24.0 Å². The van der Waals surface area contributed by atoms with Gasteiger partial charge in [0.25, 0.3) is 5.91 Å². The highest BCUT2D eigenvalue weighted by Crippen LogP contribution is 2.24. The van der Waals surface area contributed by atoms with Gasteiger partial charge in [-0.2, -0.15) is 0 Å². The van der Waals surface area contributed by atoms with Crippen molar-refractivity contribution in [2.24, 2.45) is 5.92 Å². The molecular formula is C18H22ClN3O2S. The molecule has 0 aliphatic carbocycles. The Morgan fingerprint density at radius 1 is 1.28 bits per heavy atom. The molecule has 0 unspecified atom stereocenters. The number of amides is 2. The number of carbonyl (C=O) groups excluding carboxylic acids is 2. The lowest BCUT2D eigenvalue weighted by Crippen LogP contribution is -2.27. The van der Waals surface area contributed by atoms with Gasteiger partial charge in [-0.3, -0.25) is 9.59 Å². The summed E-state index contributed by atoms with van der Waals surface area (Å²) in [7, 11) is 0. The minimum Gasteiger partial charge on any atom is -0.347 e. The third-order valence-electron chi connectivity index (χ3n) is 3.53. The first kappa shape index (κ1) is 19.4. The molecular weight excluding hydrogens is 358 g/mol. The molecule has 0 bridgehead atoms. The van der Waals surface area contributed by atoms with E-state index in [0.717, 1.165) is 17.0 Å². The van der Waals surface area contributed by atoms with E-state index in [1.165, 1.54) is 18.3 Å². The molecule has 1 heterocycles. The number of halogens is 1. The number of hydrogen-bond donors (Lipinski definition) is 2. The minimum atomic E-state index is -0.256. The van der Waals surface area contributed by atoms with Gasteiger partial charge >= 0.3 is 0 Å². The lowest BCUT2D eigenvalue weighted by atomic mass is 10.0. The number of hydrogen-bond acceptors (Lipinski definition) is 4. The molecule has 0 saturated carbocycles. The van der Waals surface area contributed by atoms with Crippen LogP contribution < -0.4 is 10.6 Å². The highest BCUT2D eigenvalue weighted by atomic mass is 35.5. The normalized spacial score (nSPS) is 12.0. The maximum absolute atomic E-state index is 12.3. The van der Waals surface area contributed by atoms with Crippen LogP contribution in [0.25, 0.3) is 0 Å². The van der Waals surface area contributed by atoms with Crippen LogP contribution in [0.5, 0.6) is 0 Å². The Balaban J connectivity index is 2.04. The van der Waals surface area contributed by atoms with Crippen molar-refractivity contribution in [2.75, 3.05) is 0 Å². The van der Waals surface area contributed by atoms with Crippen LogP contribution in [0.2, 0.25) is 5.02 Å². The van der Waals surface area contributed by atoms with Crippen LogP contribution in [-0.2, 0) is 11.3 Å². The Bertz CT molecular complexity index is 745. The molecule has 1 aromatic carbocycles. The molecule has 2 amide bonds. The summed E-state index contributed by atoms with van der Waals surface area (Å²) in [5.41, 5.74) is 1.20. The third-order valence-corrected chi connectivity index (χ3v) is 4.86. The number of nitrogens with one attached hydrogen (secondary N) is 2. The van der Waals surface area contributed by atoms with Crippen molar-refractivity contribution in [3.8, 4) is 0 Å². The molecule has 2 rings (SSSR count). The molecule has 0 saturated heterocycles. The Kier molecular flexibility index (Phi) is 6.96. The molecule has 7 heteroatoms. The molecule has 134 valence electrons. The fourth-order valence-corrected chi connectivity index (χ4v) is 3.46. The van der Waals surface area contributed by atoms with Crippen LogP contribution in [0.3, 0.4) is 0 Å². The van der Waals surface area contributed by atoms with E-state index in [0.29, 0.717) is 23.2 Å². The van der Waals surface area contributed by atoms with E-state index in [-0.39, 0.29) is 17.9 Å². The number of aromatic nitrogens is 1. The zero-order valence-corrected chi connectivity index (χ0v) is 16.1. The second-order valence-corrected chi connectivity index (χ2v) is 7.52. The minimum absolute atomic E-state index is 0.106. The van der Waals surface area contributed by atoms with E-state index < -0.39 is 0 Å². The predicted octanol–water partition coefficient (Wildman–Crippen LogP) is 3.95. The molecule has 0 fully saturated rings. The largest absolute Gasteiger partial charge is 0.347 e. The molecule has 0 radical (unpaired) electrons. The molecule has 5 nitrogen and oxygen atoms in total. The summed E-state index contributed by atoms with van der Waals surface area (Å²) in [4.78, 5) is 28.1.